The summed E-state index contributed by atoms with van der Waals surface area (Å²) in [5.41, 5.74) is -0.739. The van der Waals surface area contributed by atoms with Crippen LogP contribution in [0.25, 0.3) is 0 Å². The Morgan fingerprint density at radius 2 is 2.25 bits per heavy atom. The van der Waals surface area contributed by atoms with Crippen molar-refractivity contribution >= 4 is 9.84 Å². The smallest absolute Gasteiger partial charge is 0.286 e. The second kappa shape index (κ2) is 2.90. The highest BCUT2D eigenvalue weighted by Crippen LogP contribution is 1.99. The average Bonchev–Trinajstić information content (AvgIpc) is 2.05. The van der Waals surface area contributed by atoms with Gasteiger partial charge in [-0.1, -0.05) is 6.58 Å². The van der Waals surface area contributed by atoms with Gasteiger partial charge in [-0.3, -0.25) is 4.79 Å². The lowest BCUT2D eigenvalue weighted by atomic mass is 10.7. The molecule has 0 saturated carbocycles. The second-order valence-electron chi connectivity index (χ2n) is 1.94. The van der Waals surface area contributed by atoms with Crippen LogP contribution in [0.15, 0.2) is 34.2 Å². The van der Waals surface area contributed by atoms with E-state index in [-0.39, 0.29) is 0 Å². The third-order valence-corrected chi connectivity index (χ3v) is 2.43. The summed E-state index contributed by atoms with van der Waals surface area (Å²) in [4.78, 5) is 16.5. The largest absolute Gasteiger partial charge is 0.325 e. The summed E-state index contributed by atoms with van der Waals surface area (Å²) >= 11 is 0. The molecule has 0 atom stereocenters. The molecule has 1 rings (SSSR count). The van der Waals surface area contributed by atoms with Crippen molar-refractivity contribution in [3.05, 3.63) is 34.7 Å². The maximum absolute atomic E-state index is 11.0. The monoisotopic (exact) mass is 186 g/mol. The van der Waals surface area contributed by atoms with Gasteiger partial charge in [0.1, 0.15) is 0 Å². The van der Waals surface area contributed by atoms with Crippen LogP contribution in [0.2, 0.25) is 0 Å². The number of nitrogens with one attached hydrogen (secondary N) is 1. The van der Waals surface area contributed by atoms with Crippen molar-refractivity contribution in [2.45, 2.75) is 5.03 Å². The Bertz CT molecular complexity index is 446. The van der Waals surface area contributed by atoms with Crippen LogP contribution in [0.1, 0.15) is 0 Å². The molecule has 0 aliphatic carbocycles. The van der Waals surface area contributed by atoms with Crippen LogP contribution in [0, 0.1) is 0 Å². The molecule has 1 N–H and O–H groups in total. The first-order valence-electron chi connectivity index (χ1n) is 2.99. The van der Waals surface area contributed by atoms with Crippen LogP contribution < -0.4 is 5.56 Å². The quantitative estimate of drug-likeness (QED) is 0.686. The van der Waals surface area contributed by atoms with Gasteiger partial charge in [-0.25, -0.2) is 13.4 Å². The molecule has 0 radical (unpaired) electrons. The van der Waals surface area contributed by atoms with E-state index in [2.05, 4.69) is 16.5 Å². The lowest BCUT2D eigenvalue weighted by Crippen LogP contribution is -2.17. The van der Waals surface area contributed by atoms with Gasteiger partial charge in [0.05, 0.1) is 0 Å². The van der Waals surface area contributed by atoms with Crippen molar-refractivity contribution in [3.63, 3.8) is 0 Å². The Morgan fingerprint density at radius 3 is 2.75 bits per heavy atom. The van der Waals surface area contributed by atoms with Gasteiger partial charge < -0.3 is 4.98 Å². The van der Waals surface area contributed by atoms with Gasteiger partial charge >= 0.3 is 0 Å². The molecular formula is C6H6N2O3S. The zero-order valence-electron chi connectivity index (χ0n) is 6.02. The molecule has 5 nitrogen and oxygen atoms in total. The molecule has 12 heavy (non-hydrogen) atoms. The zero-order valence-corrected chi connectivity index (χ0v) is 6.84. The van der Waals surface area contributed by atoms with E-state index in [0.29, 0.717) is 5.41 Å². The molecule has 6 heteroatoms. The number of aromatic amines is 1. The molecule has 0 spiro atoms. The van der Waals surface area contributed by atoms with Crippen molar-refractivity contribution in [2.24, 2.45) is 0 Å². The first-order valence-corrected chi connectivity index (χ1v) is 4.54. The lowest BCUT2D eigenvalue weighted by Gasteiger charge is -1.93. The molecule has 1 aromatic rings. The number of hydrogen-bond acceptors (Lipinski definition) is 4. The fourth-order valence-electron chi connectivity index (χ4n) is 0.620. The molecule has 0 saturated heterocycles. The van der Waals surface area contributed by atoms with Gasteiger partial charge in [0, 0.05) is 17.8 Å². The minimum atomic E-state index is -3.72. The number of nitrogens with zero attached hydrogens (tertiary/aromatic N) is 1. The third kappa shape index (κ3) is 1.42. The number of hydrogen-bond donors (Lipinski definition) is 1. The van der Waals surface area contributed by atoms with E-state index in [0.717, 1.165) is 0 Å². The standard InChI is InChI=1S/C6H6N2O3S/c1-2-12(10,11)6-5(9)7-3-4-8-6/h2-4H,1H2,(H,7,9). The molecule has 64 valence electrons. The van der Waals surface area contributed by atoms with Crippen LogP contribution in [0.4, 0.5) is 0 Å². The van der Waals surface area contributed by atoms with E-state index in [4.69, 9.17) is 0 Å². The van der Waals surface area contributed by atoms with Gasteiger partial charge in [0.2, 0.25) is 14.9 Å². The van der Waals surface area contributed by atoms with Crippen LogP contribution in [-0.2, 0) is 9.84 Å². The van der Waals surface area contributed by atoms with Crippen molar-refractivity contribution in [3.8, 4) is 0 Å². The summed E-state index contributed by atoms with van der Waals surface area (Å²) in [5, 5.41) is 0.157. The van der Waals surface area contributed by atoms with E-state index in [1.165, 1.54) is 12.4 Å². The van der Waals surface area contributed by atoms with E-state index in [9.17, 15) is 13.2 Å². The molecule has 0 aromatic carbocycles. The van der Waals surface area contributed by atoms with Crippen molar-refractivity contribution < 1.29 is 8.42 Å². The minimum absolute atomic E-state index is 0.528. The molecule has 0 amide bonds. The summed E-state index contributed by atoms with van der Waals surface area (Å²) in [6.07, 6.45) is 2.45. The normalized spacial score (nSPS) is 11.0. The van der Waals surface area contributed by atoms with E-state index < -0.39 is 20.4 Å². The number of aromatic nitrogens is 2. The maximum atomic E-state index is 11.0. The predicted molar refractivity (Wildman–Crippen MR) is 42.2 cm³/mol. The predicted octanol–water partition coefficient (Wildman–Crippen LogP) is -0.313. The van der Waals surface area contributed by atoms with Gasteiger partial charge in [0.25, 0.3) is 5.56 Å². The van der Waals surface area contributed by atoms with Gasteiger partial charge in [-0.2, -0.15) is 0 Å². The molecule has 0 aliphatic heterocycles. The SMILES string of the molecule is C=CS(=O)(=O)c1ncc[nH]c1=O. The summed E-state index contributed by atoms with van der Waals surface area (Å²) in [5.74, 6) is 0. The Kier molecular flexibility index (Phi) is 2.09. The molecule has 0 bridgehead atoms. The topological polar surface area (TPSA) is 79.9 Å². The van der Waals surface area contributed by atoms with Crippen molar-refractivity contribution in [1.82, 2.24) is 9.97 Å². The van der Waals surface area contributed by atoms with E-state index in [1.54, 1.807) is 0 Å². The summed E-state index contributed by atoms with van der Waals surface area (Å²) in [7, 11) is -3.72. The Morgan fingerprint density at radius 1 is 1.58 bits per heavy atom. The summed E-state index contributed by atoms with van der Waals surface area (Å²) < 4.78 is 22.0. The van der Waals surface area contributed by atoms with Crippen molar-refractivity contribution in [2.75, 3.05) is 0 Å². The van der Waals surface area contributed by atoms with E-state index in [1.807, 2.05) is 0 Å². The molecule has 0 aliphatic rings. The number of H-pyrrole nitrogens is 1. The second-order valence-corrected chi connectivity index (χ2v) is 3.75. The lowest BCUT2D eigenvalue weighted by molar-refractivity contribution is 0.599. The minimum Gasteiger partial charge on any atom is -0.325 e. The first-order chi connectivity index (χ1) is 5.58. The van der Waals surface area contributed by atoms with Crippen LogP contribution in [-0.4, -0.2) is 18.4 Å². The highest BCUT2D eigenvalue weighted by molar-refractivity contribution is 7.94. The average molecular weight is 186 g/mol. The van der Waals surface area contributed by atoms with Crippen LogP contribution in [0.5, 0.6) is 0 Å². The molecule has 0 fully saturated rings. The van der Waals surface area contributed by atoms with Crippen LogP contribution in [0.3, 0.4) is 0 Å². The first kappa shape index (κ1) is 8.66. The third-order valence-electron chi connectivity index (χ3n) is 1.16. The van der Waals surface area contributed by atoms with Crippen LogP contribution >= 0.6 is 0 Å². The van der Waals surface area contributed by atoms with E-state index >= 15 is 0 Å². The number of sulfone groups is 1. The van der Waals surface area contributed by atoms with Crippen molar-refractivity contribution in [1.29, 1.82) is 0 Å². The zero-order chi connectivity index (χ0) is 9.19. The van der Waals surface area contributed by atoms with Gasteiger partial charge in [0.15, 0.2) is 0 Å². The van der Waals surface area contributed by atoms with Gasteiger partial charge in [-0.05, 0) is 0 Å². The van der Waals surface area contributed by atoms with Gasteiger partial charge in [-0.15, -0.1) is 0 Å². The summed E-state index contributed by atoms with van der Waals surface area (Å²) in [6.45, 7) is 3.07. The Balaban J connectivity index is 3.50. The molecule has 1 heterocycles. The maximum Gasteiger partial charge on any atom is 0.286 e. The highest BCUT2D eigenvalue weighted by Gasteiger charge is 2.14. The highest BCUT2D eigenvalue weighted by atomic mass is 32.2. The fourth-order valence-corrected chi connectivity index (χ4v) is 1.30. The summed E-state index contributed by atoms with van der Waals surface area (Å²) in [6, 6.07) is 0. The molecular weight excluding hydrogens is 180 g/mol. The molecule has 1 aromatic heterocycles. The Labute approximate surface area is 68.7 Å². The number of rotatable bonds is 2. The molecule has 0 unspecified atom stereocenters. The fraction of sp³-hybridized carbons (Fsp3) is 0. The Hall–Kier alpha value is -1.43.